The number of carbonyl (C=O) groups excluding carboxylic acids is 1. The van der Waals surface area contributed by atoms with Crippen molar-refractivity contribution in [3.8, 4) is 23.3 Å². The molecule has 0 amide bonds. The van der Waals surface area contributed by atoms with Gasteiger partial charge in [0, 0.05) is 12.7 Å². The van der Waals surface area contributed by atoms with Gasteiger partial charge in [-0.15, -0.1) is 0 Å². The summed E-state index contributed by atoms with van der Waals surface area (Å²) in [5.74, 6) is 0.375. The zero-order chi connectivity index (χ0) is 22.9. The quantitative estimate of drug-likeness (QED) is 0.696. The number of rotatable bonds is 7. The van der Waals surface area contributed by atoms with Crippen molar-refractivity contribution in [3.05, 3.63) is 53.6 Å². The number of Topliss-reactive ketones (excluding diaryl/α,β-unsaturated/α-hetero) is 1. The van der Waals surface area contributed by atoms with Crippen LogP contribution in [0, 0.1) is 34.5 Å². The SMILES string of the molecule is CS(=O)(=O)c1cc(-c2ccc(C[C@@H](C#N)CC(=O)[C@]34CC[C@@H](CN3)C4)cc2)ccc1C#N. The van der Waals surface area contributed by atoms with E-state index in [2.05, 4.69) is 11.4 Å². The monoisotopic (exact) mass is 447 g/mol. The number of carbonyl (C=O) groups is 1. The predicted molar refractivity (Wildman–Crippen MR) is 120 cm³/mol. The normalized spacial score (nSPS) is 22.8. The lowest BCUT2D eigenvalue weighted by molar-refractivity contribution is -0.125. The molecule has 2 fully saturated rings. The Hall–Kier alpha value is -3.00. The van der Waals surface area contributed by atoms with Crippen LogP contribution in [0.1, 0.15) is 36.8 Å². The number of sulfone groups is 1. The van der Waals surface area contributed by atoms with Gasteiger partial charge in [-0.25, -0.2) is 8.42 Å². The van der Waals surface area contributed by atoms with Crippen LogP contribution in [-0.2, 0) is 21.1 Å². The van der Waals surface area contributed by atoms with Crippen molar-refractivity contribution in [2.75, 3.05) is 12.8 Å². The average molecular weight is 448 g/mol. The van der Waals surface area contributed by atoms with E-state index in [0.717, 1.165) is 43.2 Å². The van der Waals surface area contributed by atoms with Crippen LogP contribution in [0.25, 0.3) is 11.1 Å². The van der Waals surface area contributed by atoms with Crippen molar-refractivity contribution in [3.63, 3.8) is 0 Å². The van der Waals surface area contributed by atoms with Crippen LogP contribution >= 0.6 is 0 Å². The van der Waals surface area contributed by atoms with Crippen molar-refractivity contribution in [2.24, 2.45) is 11.8 Å². The largest absolute Gasteiger partial charge is 0.305 e. The molecule has 2 bridgehead atoms. The summed E-state index contributed by atoms with van der Waals surface area (Å²) in [7, 11) is -3.52. The number of hydrogen-bond donors (Lipinski definition) is 1. The van der Waals surface area contributed by atoms with E-state index in [0.29, 0.717) is 17.9 Å². The Morgan fingerprint density at radius 3 is 2.44 bits per heavy atom. The number of piperidine rings is 1. The van der Waals surface area contributed by atoms with Crippen molar-refractivity contribution < 1.29 is 13.2 Å². The molecule has 1 saturated carbocycles. The minimum Gasteiger partial charge on any atom is -0.305 e. The summed E-state index contributed by atoms with van der Waals surface area (Å²) in [4.78, 5) is 12.9. The van der Waals surface area contributed by atoms with Gasteiger partial charge in [0.1, 0.15) is 6.07 Å². The highest BCUT2D eigenvalue weighted by molar-refractivity contribution is 7.90. The Bertz CT molecular complexity index is 1230. The number of hydrogen-bond acceptors (Lipinski definition) is 6. The topological polar surface area (TPSA) is 111 Å². The molecule has 0 spiro atoms. The predicted octanol–water partition coefficient (Wildman–Crippen LogP) is 3.41. The Labute approximate surface area is 188 Å². The van der Waals surface area contributed by atoms with Crippen molar-refractivity contribution in [2.45, 2.75) is 42.5 Å². The van der Waals surface area contributed by atoms with Crippen LogP contribution in [0.15, 0.2) is 47.4 Å². The number of fused-ring (bicyclic) bond motifs is 2. The molecule has 32 heavy (non-hydrogen) atoms. The summed E-state index contributed by atoms with van der Waals surface area (Å²) in [6.07, 6.45) is 4.71. The first-order valence-corrected chi connectivity index (χ1v) is 12.6. The van der Waals surface area contributed by atoms with Gasteiger partial charge in [0.25, 0.3) is 0 Å². The number of nitriles is 2. The highest BCUT2D eigenvalue weighted by Gasteiger charge is 2.49. The molecule has 4 rings (SSSR count). The third kappa shape index (κ3) is 4.32. The molecule has 0 unspecified atom stereocenters. The zero-order valence-corrected chi connectivity index (χ0v) is 18.8. The molecule has 3 atom stereocenters. The maximum atomic E-state index is 12.9. The van der Waals surface area contributed by atoms with E-state index in [-0.39, 0.29) is 28.6 Å². The highest BCUT2D eigenvalue weighted by Crippen LogP contribution is 2.41. The number of nitrogens with zero attached hydrogens (tertiary/aromatic N) is 2. The Kier molecular flexibility index (Phi) is 5.90. The Morgan fingerprint density at radius 2 is 1.91 bits per heavy atom. The van der Waals surface area contributed by atoms with E-state index in [9.17, 15) is 23.7 Å². The van der Waals surface area contributed by atoms with E-state index in [1.165, 1.54) is 12.1 Å². The van der Waals surface area contributed by atoms with Gasteiger partial charge in [0.15, 0.2) is 15.6 Å². The molecule has 6 nitrogen and oxygen atoms in total. The summed E-state index contributed by atoms with van der Waals surface area (Å²) >= 11 is 0. The maximum absolute atomic E-state index is 12.9. The molecule has 2 aromatic carbocycles. The van der Waals surface area contributed by atoms with Gasteiger partial charge < -0.3 is 5.32 Å². The highest BCUT2D eigenvalue weighted by atomic mass is 32.2. The summed E-state index contributed by atoms with van der Waals surface area (Å²) in [6, 6.07) is 16.5. The molecule has 2 aliphatic rings. The molecule has 0 aromatic heterocycles. The molecule has 7 heteroatoms. The van der Waals surface area contributed by atoms with E-state index in [1.807, 2.05) is 30.3 Å². The molecule has 1 aliphatic heterocycles. The second-order valence-electron chi connectivity index (χ2n) is 9.02. The average Bonchev–Trinajstić information content (AvgIpc) is 3.41. The fourth-order valence-corrected chi connectivity index (χ4v) is 5.83. The molecule has 2 aromatic rings. The molecule has 1 N–H and O–H groups in total. The van der Waals surface area contributed by atoms with Crippen molar-refractivity contribution >= 4 is 15.6 Å². The number of nitrogens with one attached hydrogen (secondary N) is 1. The van der Waals surface area contributed by atoms with Gasteiger partial charge in [-0.05, 0) is 67.0 Å². The lowest BCUT2D eigenvalue weighted by Gasteiger charge is -2.27. The summed E-state index contributed by atoms with van der Waals surface area (Å²) in [6.45, 7) is 0.904. The maximum Gasteiger partial charge on any atom is 0.176 e. The second-order valence-corrected chi connectivity index (χ2v) is 11.0. The third-order valence-electron chi connectivity index (χ3n) is 6.76. The lowest BCUT2D eigenvalue weighted by atomic mass is 9.85. The lowest BCUT2D eigenvalue weighted by Crippen LogP contribution is -2.48. The van der Waals surface area contributed by atoms with E-state index < -0.39 is 15.4 Å². The van der Waals surface area contributed by atoms with Crippen LogP contribution in [-0.4, -0.2) is 32.5 Å². The van der Waals surface area contributed by atoms with Crippen LogP contribution < -0.4 is 5.32 Å². The number of benzene rings is 2. The van der Waals surface area contributed by atoms with Crippen LogP contribution in [0.3, 0.4) is 0 Å². The fraction of sp³-hybridized carbons (Fsp3) is 0.400. The molecular formula is C25H25N3O3S. The Morgan fingerprint density at radius 1 is 1.19 bits per heavy atom. The first-order chi connectivity index (χ1) is 15.2. The van der Waals surface area contributed by atoms with E-state index in [1.54, 1.807) is 6.07 Å². The van der Waals surface area contributed by atoms with Crippen LogP contribution in [0.2, 0.25) is 0 Å². The standard InChI is InChI=1S/C25H25N3O3S/c1-32(30,31)23-12-21(6-7-22(23)15-27)20-4-2-17(3-5-20)10-19(14-26)11-24(29)25-9-8-18(13-25)16-28-25/h2-7,12,18-19,28H,8-11,13,16H2,1H3/t18-,19-,25-/m1/s1. The van der Waals surface area contributed by atoms with Crippen LogP contribution in [0.4, 0.5) is 0 Å². The van der Waals surface area contributed by atoms with Gasteiger partial charge >= 0.3 is 0 Å². The first-order valence-electron chi connectivity index (χ1n) is 10.8. The molecule has 0 radical (unpaired) electrons. The third-order valence-corrected chi connectivity index (χ3v) is 7.90. The van der Waals surface area contributed by atoms with Gasteiger partial charge in [0.05, 0.1) is 28.0 Å². The smallest absolute Gasteiger partial charge is 0.176 e. The molecule has 1 aliphatic carbocycles. The van der Waals surface area contributed by atoms with Gasteiger partial charge in [-0.3, -0.25) is 4.79 Å². The van der Waals surface area contributed by atoms with Gasteiger partial charge in [0.2, 0.25) is 0 Å². The second kappa shape index (κ2) is 8.50. The van der Waals surface area contributed by atoms with E-state index in [4.69, 9.17) is 0 Å². The zero-order valence-electron chi connectivity index (χ0n) is 18.0. The van der Waals surface area contributed by atoms with Gasteiger partial charge in [-0.2, -0.15) is 10.5 Å². The summed E-state index contributed by atoms with van der Waals surface area (Å²) in [5, 5.41) is 22.2. The summed E-state index contributed by atoms with van der Waals surface area (Å²) < 4.78 is 24.0. The molecular weight excluding hydrogens is 422 g/mol. The van der Waals surface area contributed by atoms with Gasteiger partial charge in [-0.1, -0.05) is 30.3 Å². The van der Waals surface area contributed by atoms with E-state index >= 15 is 0 Å². The Balaban J connectivity index is 1.47. The number of ketones is 1. The van der Waals surface area contributed by atoms with Crippen molar-refractivity contribution in [1.82, 2.24) is 5.32 Å². The minimum atomic E-state index is -3.52. The first kappa shape index (κ1) is 22.2. The minimum absolute atomic E-state index is 0.0127. The molecule has 1 heterocycles. The van der Waals surface area contributed by atoms with Crippen LogP contribution in [0.5, 0.6) is 0 Å². The van der Waals surface area contributed by atoms with Crippen molar-refractivity contribution in [1.29, 1.82) is 10.5 Å². The fourth-order valence-electron chi connectivity index (χ4n) is 4.98. The summed E-state index contributed by atoms with van der Waals surface area (Å²) in [5.41, 5.74) is 2.19. The molecule has 1 saturated heterocycles. The molecule has 164 valence electrons.